The van der Waals surface area contributed by atoms with Gasteiger partial charge in [-0.2, -0.15) is 0 Å². The maximum atomic E-state index is 6.85. The molecule has 0 aliphatic rings. The van der Waals surface area contributed by atoms with Gasteiger partial charge < -0.3 is 61.8 Å². The average molecular weight is 798 g/mol. The van der Waals surface area contributed by atoms with E-state index in [9.17, 15) is 0 Å². The van der Waals surface area contributed by atoms with Crippen molar-refractivity contribution in [2.75, 3.05) is 166 Å². The van der Waals surface area contributed by atoms with Crippen molar-refractivity contribution in [1.29, 1.82) is 0 Å². The standard InChI is InChI=1S/C41H71NO12Si/c1-41(2,3)55(39-11-7-5-8-12-39,40-13-9-6-10-14-40)54-38-37-53-36-35-52-34-33-51-32-31-50-30-29-49-28-27-48-26-25-47-24-23-46-22-21-45-20-19-44-18-17-43-16-15-42-4/h5-14,42H,15-38H2,1-4H3. The molecule has 0 aromatic heterocycles. The SMILES string of the molecule is CNCCOCCOCCOCCOCCOCCOCCOCCOCCOCCOCCOCCO[Si](c1ccccc1)(c1ccccc1)C(C)(C)C. The lowest BCUT2D eigenvalue weighted by molar-refractivity contribution is -0.0277. The van der Waals surface area contributed by atoms with E-state index in [1.54, 1.807) is 0 Å². The van der Waals surface area contributed by atoms with Crippen molar-refractivity contribution in [3.63, 3.8) is 0 Å². The molecule has 13 nitrogen and oxygen atoms in total. The summed E-state index contributed by atoms with van der Waals surface area (Å²) in [6.45, 7) is 19.8. The van der Waals surface area contributed by atoms with Crippen LogP contribution in [0.15, 0.2) is 60.7 Å². The van der Waals surface area contributed by atoms with E-state index in [0.717, 1.165) is 6.54 Å². The molecule has 2 aromatic carbocycles. The van der Waals surface area contributed by atoms with Crippen molar-refractivity contribution < 1.29 is 56.5 Å². The lowest BCUT2D eigenvalue weighted by atomic mass is 10.2. The molecular formula is C41H71NO12Si. The second-order valence-corrected chi connectivity index (χ2v) is 17.7. The number of hydrogen-bond donors (Lipinski definition) is 1. The van der Waals surface area contributed by atoms with Crippen molar-refractivity contribution in [3.05, 3.63) is 60.7 Å². The molecule has 0 amide bonds. The van der Waals surface area contributed by atoms with Crippen LogP contribution in [0.5, 0.6) is 0 Å². The molecule has 0 radical (unpaired) electrons. The Kier molecular flexibility index (Phi) is 30.6. The van der Waals surface area contributed by atoms with Gasteiger partial charge in [0.05, 0.1) is 152 Å². The van der Waals surface area contributed by atoms with Crippen LogP contribution in [0.3, 0.4) is 0 Å². The molecule has 14 heteroatoms. The molecule has 55 heavy (non-hydrogen) atoms. The Bertz CT molecular complexity index is 1060. The first-order valence-electron chi connectivity index (χ1n) is 19.8. The fraction of sp³-hybridized carbons (Fsp3) is 0.707. The summed E-state index contributed by atoms with van der Waals surface area (Å²) in [6, 6.07) is 21.3. The lowest BCUT2D eigenvalue weighted by Gasteiger charge is -2.43. The first kappa shape index (κ1) is 49.3. The smallest absolute Gasteiger partial charge is 0.261 e. The Balaban J connectivity index is 1.29. The van der Waals surface area contributed by atoms with Crippen molar-refractivity contribution in [3.8, 4) is 0 Å². The second kappa shape index (κ2) is 34.2. The summed E-state index contributed by atoms with van der Waals surface area (Å²) in [5.41, 5.74) is 0. The van der Waals surface area contributed by atoms with Crippen molar-refractivity contribution in [2.45, 2.75) is 25.8 Å². The summed E-state index contributed by atoms with van der Waals surface area (Å²) >= 11 is 0. The van der Waals surface area contributed by atoms with Crippen LogP contribution in [0, 0.1) is 0 Å². The highest BCUT2D eigenvalue weighted by Gasteiger charge is 2.50. The Hall–Kier alpha value is -1.86. The Labute approximate surface area is 331 Å². The molecule has 1 N–H and O–H groups in total. The van der Waals surface area contributed by atoms with E-state index in [-0.39, 0.29) is 5.04 Å². The fourth-order valence-electron chi connectivity index (χ4n) is 5.49. The zero-order valence-electron chi connectivity index (χ0n) is 34.1. The minimum absolute atomic E-state index is 0.0567. The topological polar surface area (TPSA) is 123 Å². The van der Waals surface area contributed by atoms with Gasteiger partial charge in [-0.3, -0.25) is 0 Å². The highest BCUT2D eigenvalue weighted by Crippen LogP contribution is 2.36. The predicted molar refractivity (Wildman–Crippen MR) is 217 cm³/mol. The van der Waals surface area contributed by atoms with Gasteiger partial charge in [0.1, 0.15) is 0 Å². The largest absolute Gasteiger partial charge is 0.405 e. The number of benzene rings is 2. The molecule has 0 fully saturated rings. The van der Waals surface area contributed by atoms with Gasteiger partial charge in [-0.05, 0) is 22.5 Å². The summed E-state index contributed by atoms with van der Waals surface area (Å²) in [5, 5.41) is 5.50. The molecular weight excluding hydrogens is 727 g/mol. The van der Waals surface area contributed by atoms with Gasteiger partial charge in [0.25, 0.3) is 8.32 Å². The van der Waals surface area contributed by atoms with Crippen LogP contribution in [0.1, 0.15) is 20.8 Å². The van der Waals surface area contributed by atoms with E-state index >= 15 is 0 Å². The normalized spacial score (nSPS) is 12.1. The molecule has 2 aromatic rings. The number of rotatable bonds is 39. The average Bonchev–Trinajstić information content (AvgIpc) is 3.19. The van der Waals surface area contributed by atoms with E-state index in [0.29, 0.717) is 152 Å². The summed E-state index contributed by atoms with van der Waals surface area (Å²) in [7, 11) is -0.642. The predicted octanol–water partition coefficient (Wildman–Crippen LogP) is 2.97. The van der Waals surface area contributed by atoms with E-state index in [4.69, 9.17) is 56.5 Å². The molecule has 2 rings (SSSR count). The molecule has 0 saturated heterocycles. The van der Waals surface area contributed by atoms with Crippen LogP contribution in [0.4, 0.5) is 0 Å². The van der Waals surface area contributed by atoms with E-state index < -0.39 is 8.32 Å². The third-order valence-electron chi connectivity index (χ3n) is 8.18. The summed E-state index contributed by atoms with van der Waals surface area (Å²) in [5.74, 6) is 0. The first-order chi connectivity index (χ1) is 27.0. The van der Waals surface area contributed by atoms with Gasteiger partial charge in [0.15, 0.2) is 0 Å². The maximum absolute atomic E-state index is 6.85. The quantitative estimate of drug-likeness (QED) is 0.0790. The van der Waals surface area contributed by atoms with Crippen LogP contribution >= 0.6 is 0 Å². The maximum Gasteiger partial charge on any atom is 0.261 e. The van der Waals surface area contributed by atoms with E-state index in [1.807, 2.05) is 7.05 Å². The molecule has 0 bridgehead atoms. The highest BCUT2D eigenvalue weighted by atomic mass is 28.4. The number of nitrogens with one attached hydrogen (secondary N) is 1. The van der Waals surface area contributed by atoms with Gasteiger partial charge in [-0.1, -0.05) is 81.4 Å². The Morgan fingerprint density at radius 2 is 0.600 bits per heavy atom. The first-order valence-corrected chi connectivity index (χ1v) is 21.7. The van der Waals surface area contributed by atoms with Crippen LogP contribution < -0.4 is 15.7 Å². The Morgan fingerprint density at radius 1 is 0.364 bits per heavy atom. The zero-order chi connectivity index (χ0) is 39.4. The van der Waals surface area contributed by atoms with Gasteiger partial charge >= 0.3 is 0 Å². The second-order valence-electron chi connectivity index (χ2n) is 13.4. The molecule has 0 saturated carbocycles. The van der Waals surface area contributed by atoms with Crippen LogP contribution in [-0.4, -0.2) is 174 Å². The molecule has 0 spiro atoms. The number of likely N-dealkylation sites (N-methyl/N-ethyl adjacent to an activating group) is 1. The fourth-order valence-corrected chi connectivity index (χ4v) is 10.0. The van der Waals surface area contributed by atoms with Crippen molar-refractivity contribution in [2.24, 2.45) is 0 Å². The highest BCUT2D eigenvalue weighted by molar-refractivity contribution is 6.99. The minimum atomic E-state index is -2.54. The minimum Gasteiger partial charge on any atom is -0.405 e. The summed E-state index contributed by atoms with van der Waals surface area (Å²) < 4.78 is 67.8. The van der Waals surface area contributed by atoms with Crippen LogP contribution in [0.25, 0.3) is 0 Å². The molecule has 0 unspecified atom stereocenters. The molecule has 0 aliphatic carbocycles. The zero-order valence-corrected chi connectivity index (χ0v) is 35.1. The van der Waals surface area contributed by atoms with Crippen LogP contribution in [0.2, 0.25) is 5.04 Å². The summed E-state index contributed by atoms with van der Waals surface area (Å²) in [6.07, 6.45) is 0. The van der Waals surface area contributed by atoms with Crippen molar-refractivity contribution >= 4 is 18.7 Å². The van der Waals surface area contributed by atoms with Crippen LogP contribution in [-0.2, 0) is 56.5 Å². The van der Waals surface area contributed by atoms with Gasteiger partial charge in [0, 0.05) is 6.54 Å². The van der Waals surface area contributed by atoms with Crippen molar-refractivity contribution in [1.82, 2.24) is 5.32 Å². The lowest BCUT2D eigenvalue weighted by Crippen LogP contribution is -2.66. The van der Waals surface area contributed by atoms with Gasteiger partial charge in [-0.25, -0.2) is 0 Å². The number of hydrogen-bond acceptors (Lipinski definition) is 13. The van der Waals surface area contributed by atoms with Gasteiger partial charge in [0.2, 0.25) is 0 Å². The van der Waals surface area contributed by atoms with E-state index in [1.165, 1.54) is 10.4 Å². The molecule has 0 atom stereocenters. The third kappa shape index (κ3) is 23.8. The molecule has 316 valence electrons. The van der Waals surface area contributed by atoms with E-state index in [2.05, 4.69) is 86.8 Å². The molecule has 0 aliphatic heterocycles. The monoisotopic (exact) mass is 797 g/mol. The van der Waals surface area contributed by atoms with Gasteiger partial charge in [-0.15, -0.1) is 0 Å². The number of ether oxygens (including phenoxy) is 11. The summed E-state index contributed by atoms with van der Waals surface area (Å²) in [4.78, 5) is 0. The Morgan fingerprint density at radius 3 is 0.836 bits per heavy atom. The third-order valence-corrected chi connectivity index (χ3v) is 13.2. The molecule has 0 heterocycles.